The minimum atomic E-state index is -3.93. The van der Waals surface area contributed by atoms with Crippen LogP contribution in [-0.4, -0.2) is 25.5 Å². The van der Waals surface area contributed by atoms with Gasteiger partial charge in [-0.1, -0.05) is 38.4 Å². The molecule has 0 spiro atoms. The van der Waals surface area contributed by atoms with Gasteiger partial charge in [0.1, 0.15) is 6.04 Å². The molecule has 2 N–H and O–H groups in total. The number of hydrogen-bond acceptors (Lipinski definition) is 3. The molecule has 1 aromatic rings. The SMILES string of the molecule is CC(C)(C)[C@@H](NS(=O)(=O)c1cccc(Cl)c1)C(=O)O. The molecule has 1 rings (SSSR count). The molecule has 0 aliphatic carbocycles. The van der Waals surface area contributed by atoms with Crippen molar-refractivity contribution < 1.29 is 18.3 Å². The molecule has 0 amide bonds. The van der Waals surface area contributed by atoms with Crippen molar-refractivity contribution in [2.45, 2.75) is 31.7 Å². The predicted molar refractivity (Wildman–Crippen MR) is 72.7 cm³/mol. The van der Waals surface area contributed by atoms with Crippen LogP contribution in [0.15, 0.2) is 29.2 Å². The number of carboxylic acids is 1. The molecular formula is C12H16ClNO4S. The zero-order valence-corrected chi connectivity index (χ0v) is 12.4. The van der Waals surface area contributed by atoms with Crippen LogP contribution in [0.1, 0.15) is 20.8 Å². The Morgan fingerprint density at radius 1 is 1.37 bits per heavy atom. The van der Waals surface area contributed by atoms with Gasteiger partial charge < -0.3 is 5.11 Å². The summed E-state index contributed by atoms with van der Waals surface area (Å²) in [6.45, 7) is 4.94. The molecule has 0 aliphatic rings. The Morgan fingerprint density at radius 2 is 1.95 bits per heavy atom. The van der Waals surface area contributed by atoms with Gasteiger partial charge in [-0.25, -0.2) is 8.42 Å². The van der Waals surface area contributed by atoms with Crippen molar-refractivity contribution in [2.24, 2.45) is 5.41 Å². The van der Waals surface area contributed by atoms with Crippen LogP contribution in [0, 0.1) is 5.41 Å². The van der Waals surface area contributed by atoms with Crippen molar-refractivity contribution in [2.75, 3.05) is 0 Å². The van der Waals surface area contributed by atoms with Gasteiger partial charge in [-0.3, -0.25) is 4.79 Å². The maximum Gasteiger partial charge on any atom is 0.322 e. The summed E-state index contributed by atoms with van der Waals surface area (Å²) in [6, 6.07) is 4.43. The summed E-state index contributed by atoms with van der Waals surface area (Å²) >= 11 is 5.73. The van der Waals surface area contributed by atoms with Crippen LogP contribution in [0.5, 0.6) is 0 Å². The van der Waals surface area contributed by atoms with Crippen LogP contribution < -0.4 is 4.72 Å². The zero-order valence-electron chi connectivity index (χ0n) is 10.8. The molecule has 0 aliphatic heterocycles. The van der Waals surface area contributed by atoms with E-state index in [9.17, 15) is 13.2 Å². The van der Waals surface area contributed by atoms with Crippen molar-refractivity contribution in [1.82, 2.24) is 4.72 Å². The molecule has 0 saturated heterocycles. The number of hydrogen-bond donors (Lipinski definition) is 2. The van der Waals surface area contributed by atoms with Crippen molar-refractivity contribution in [3.63, 3.8) is 0 Å². The predicted octanol–water partition coefficient (Wildman–Crippen LogP) is 2.12. The quantitative estimate of drug-likeness (QED) is 0.892. The van der Waals surface area contributed by atoms with Gasteiger partial charge in [-0.15, -0.1) is 0 Å². The molecule has 0 aromatic heterocycles. The highest BCUT2D eigenvalue weighted by atomic mass is 35.5. The summed E-state index contributed by atoms with van der Waals surface area (Å²) in [5.74, 6) is -1.22. The van der Waals surface area contributed by atoms with Crippen LogP contribution in [0.2, 0.25) is 5.02 Å². The average molecular weight is 306 g/mol. The molecule has 1 aromatic carbocycles. The summed E-state index contributed by atoms with van der Waals surface area (Å²) in [5, 5.41) is 9.39. The molecule has 0 unspecified atom stereocenters. The Kier molecular flexibility index (Phi) is 4.60. The van der Waals surface area contributed by atoms with Gasteiger partial charge in [-0.2, -0.15) is 4.72 Å². The second kappa shape index (κ2) is 5.48. The van der Waals surface area contributed by atoms with E-state index in [1.54, 1.807) is 26.8 Å². The number of sulfonamides is 1. The molecule has 5 nitrogen and oxygen atoms in total. The lowest BCUT2D eigenvalue weighted by molar-refractivity contribution is -0.141. The number of nitrogens with one attached hydrogen (secondary N) is 1. The van der Waals surface area contributed by atoms with Gasteiger partial charge in [-0.05, 0) is 23.6 Å². The van der Waals surface area contributed by atoms with Gasteiger partial charge in [0.25, 0.3) is 0 Å². The molecule has 0 saturated carbocycles. The minimum absolute atomic E-state index is 0.0597. The first-order chi connectivity index (χ1) is 8.54. The molecule has 0 heterocycles. The molecule has 0 bridgehead atoms. The molecular weight excluding hydrogens is 290 g/mol. The van der Waals surface area contributed by atoms with E-state index in [4.69, 9.17) is 16.7 Å². The fraction of sp³-hybridized carbons (Fsp3) is 0.417. The topological polar surface area (TPSA) is 83.5 Å². The zero-order chi connectivity index (χ0) is 14.8. The van der Waals surface area contributed by atoms with E-state index in [0.717, 1.165) is 0 Å². The highest BCUT2D eigenvalue weighted by molar-refractivity contribution is 7.89. The van der Waals surface area contributed by atoms with Crippen LogP contribution in [0.25, 0.3) is 0 Å². The van der Waals surface area contributed by atoms with E-state index in [0.29, 0.717) is 0 Å². The normalized spacial score (nSPS) is 14.1. The lowest BCUT2D eigenvalue weighted by atomic mass is 9.88. The van der Waals surface area contributed by atoms with Gasteiger partial charge in [0.15, 0.2) is 0 Å². The second-order valence-electron chi connectivity index (χ2n) is 5.22. The standard InChI is InChI=1S/C12H16ClNO4S/c1-12(2,3)10(11(15)16)14-19(17,18)9-6-4-5-8(13)7-9/h4-7,10,14H,1-3H3,(H,15,16)/t10-/m0/s1. The van der Waals surface area contributed by atoms with E-state index >= 15 is 0 Å². The van der Waals surface area contributed by atoms with Crippen LogP contribution in [0.4, 0.5) is 0 Å². The Morgan fingerprint density at radius 3 is 2.37 bits per heavy atom. The fourth-order valence-electron chi connectivity index (χ4n) is 1.45. The highest BCUT2D eigenvalue weighted by Gasteiger charge is 2.35. The second-order valence-corrected chi connectivity index (χ2v) is 7.37. The average Bonchev–Trinajstić information content (AvgIpc) is 2.24. The number of carboxylic acid groups (broad SMARTS) is 1. The smallest absolute Gasteiger partial charge is 0.322 e. The van der Waals surface area contributed by atoms with E-state index in [2.05, 4.69) is 4.72 Å². The molecule has 0 radical (unpaired) electrons. The number of carbonyl (C=O) groups is 1. The number of aliphatic carboxylic acids is 1. The summed E-state index contributed by atoms with van der Waals surface area (Å²) in [4.78, 5) is 11.1. The third kappa shape index (κ3) is 4.19. The van der Waals surface area contributed by atoms with E-state index < -0.39 is 27.4 Å². The molecule has 1 atom stereocenters. The monoisotopic (exact) mass is 305 g/mol. The van der Waals surface area contributed by atoms with Gasteiger partial charge in [0.05, 0.1) is 4.90 Å². The Balaban J connectivity index is 3.12. The highest BCUT2D eigenvalue weighted by Crippen LogP contribution is 2.22. The lowest BCUT2D eigenvalue weighted by Crippen LogP contribution is -2.48. The first-order valence-electron chi connectivity index (χ1n) is 5.55. The lowest BCUT2D eigenvalue weighted by Gasteiger charge is -2.27. The van der Waals surface area contributed by atoms with Crippen LogP contribution in [0.3, 0.4) is 0 Å². The third-order valence-electron chi connectivity index (χ3n) is 2.49. The first kappa shape index (κ1) is 15.9. The largest absolute Gasteiger partial charge is 0.480 e. The van der Waals surface area contributed by atoms with Crippen LogP contribution >= 0.6 is 11.6 Å². The Labute approximate surface area is 117 Å². The van der Waals surface area contributed by atoms with E-state index in [1.807, 2.05) is 0 Å². The van der Waals surface area contributed by atoms with E-state index in [1.165, 1.54) is 18.2 Å². The third-order valence-corrected chi connectivity index (χ3v) is 4.15. The van der Waals surface area contributed by atoms with Crippen molar-refractivity contribution in [3.8, 4) is 0 Å². The van der Waals surface area contributed by atoms with Crippen molar-refractivity contribution >= 4 is 27.6 Å². The van der Waals surface area contributed by atoms with Gasteiger partial charge in [0.2, 0.25) is 10.0 Å². The fourth-order valence-corrected chi connectivity index (χ4v) is 3.15. The summed E-state index contributed by atoms with van der Waals surface area (Å²) in [7, 11) is -3.93. The number of rotatable bonds is 4. The van der Waals surface area contributed by atoms with Crippen molar-refractivity contribution in [1.29, 1.82) is 0 Å². The first-order valence-corrected chi connectivity index (χ1v) is 7.41. The molecule has 19 heavy (non-hydrogen) atoms. The van der Waals surface area contributed by atoms with Gasteiger partial charge >= 0.3 is 5.97 Å². The van der Waals surface area contributed by atoms with Crippen LogP contribution in [-0.2, 0) is 14.8 Å². The van der Waals surface area contributed by atoms with Crippen molar-refractivity contribution in [3.05, 3.63) is 29.3 Å². The number of benzene rings is 1. The number of halogens is 1. The maximum absolute atomic E-state index is 12.1. The summed E-state index contributed by atoms with van der Waals surface area (Å²) in [6.07, 6.45) is 0. The Hall–Kier alpha value is -1.11. The van der Waals surface area contributed by atoms with Gasteiger partial charge in [0, 0.05) is 5.02 Å². The molecule has 106 valence electrons. The summed E-state index contributed by atoms with van der Waals surface area (Å²) in [5.41, 5.74) is -0.753. The Bertz CT molecular complexity index is 578. The van der Waals surface area contributed by atoms with E-state index in [-0.39, 0.29) is 9.92 Å². The summed E-state index contributed by atoms with van der Waals surface area (Å²) < 4.78 is 26.4. The maximum atomic E-state index is 12.1. The molecule has 0 fully saturated rings. The molecule has 7 heteroatoms. The minimum Gasteiger partial charge on any atom is -0.480 e.